The first-order chi connectivity index (χ1) is 13.5. The third-order valence-corrected chi connectivity index (χ3v) is 6.28. The molecular formula is C24H29FN2O. The molecule has 28 heavy (non-hydrogen) atoms. The standard InChI is InChI=1S/C24H29FN2O/c1-17-3-7-19(8-4-17)15-27-14-12-23(24(27)28)26-13-11-21(22(25)16-26)20-9-5-18(2)6-10-20/h3-10,21-23H,11-16H2,1-2H3/t21-,22-,23-/m1/s1. The Bertz CT molecular complexity index is 818. The van der Waals surface area contributed by atoms with Crippen LogP contribution >= 0.6 is 0 Å². The maximum absolute atomic E-state index is 15.0. The molecule has 3 nitrogen and oxygen atoms in total. The average Bonchev–Trinajstić information content (AvgIpc) is 3.05. The zero-order chi connectivity index (χ0) is 19.7. The van der Waals surface area contributed by atoms with Crippen molar-refractivity contribution in [1.82, 2.24) is 9.80 Å². The van der Waals surface area contributed by atoms with Gasteiger partial charge in [-0.2, -0.15) is 0 Å². The Morgan fingerprint density at radius 3 is 2.21 bits per heavy atom. The molecule has 1 amide bonds. The number of likely N-dealkylation sites (tertiary alicyclic amines) is 2. The Labute approximate surface area is 167 Å². The van der Waals surface area contributed by atoms with E-state index in [4.69, 9.17) is 0 Å². The highest BCUT2D eigenvalue weighted by Crippen LogP contribution is 2.33. The number of piperidine rings is 1. The van der Waals surface area contributed by atoms with Crippen molar-refractivity contribution in [2.45, 2.75) is 51.4 Å². The number of benzene rings is 2. The van der Waals surface area contributed by atoms with Gasteiger partial charge in [0, 0.05) is 25.6 Å². The van der Waals surface area contributed by atoms with Crippen LogP contribution in [0.4, 0.5) is 4.39 Å². The van der Waals surface area contributed by atoms with Gasteiger partial charge < -0.3 is 4.90 Å². The molecule has 0 bridgehead atoms. The number of halogens is 1. The van der Waals surface area contributed by atoms with Crippen molar-refractivity contribution in [3.63, 3.8) is 0 Å². The predicted octanol–water partition coefficient (Wildman–Crippen LogP) is 4.23. The van der Waals surface area contributed by atoms with E-state index >= 15 is 0 Å². The molecule has 2 aromatic carbocycles. The third kappa shape index (κ3) is 3.97. The van der Waals surface area contributed by atoms with Crippen molar-refractivity contribution in [3.05, 3.63) is 70.8 Å². The van der Waals surface area contributed by atoms with Gasteiger partial charge in [-0.25, -0.2) is 4.39 Å². The molecule has 2 aromatic rings. The number of nitrogens with zero attached hydrogens (tertiary/aromatic N) is 2. The number of carbonyl (C=O) groups is 1. The summed E-state index contributed by atoms with van der Waals surface area (Å²) >= 11 is 0. The Hall–Kier alpha value is -2.20. The van der Waals surface area contributed by atoms with Crippen LogP contribution in [0.5, 0.6) is 0 Å². The van der Waals surface area contributed by atoms with Crippen LogP contribution in [0, 0.1) is 13.8 Å². The summed E-state index contributed by atoms with van der Waals surface area (Å²) in [5, 5.41) is 0. The number of rotatable bonds is 4. The fourth-order valence-electron chi connectivity index (χ4n) is 4.53. The molecule has 0 unspecified atom stereocenters. The van der Waals surface area contributed by atoms with Gasteiger partial charge in [0.1, 0.15) is 6.17 Å². The van der Waals surface area contributed by atoms with E-state index in [-0.39, 0.29) is 17.9 Å². The topological polar surface area (TPSA) is 23.6 Å². The van der Waals surface area contributed by atoms with Crippen LogP contribution in [-0.4, -0.2) is 47.6 Å². The first kappa shape index (κ1) is 19.1. The Balaban J connectivity index is 1.37. The lowest BCUT2D eigenvalue weighted by atomic mass is 9.87. The van der Waals surface area contributed by atoms with E-state index in [9.17, 15) is 9.18 Å². The molecule has 0 radical (unpaired) electrons. The molecule has 2 fully saturated rings. The minimum atomic E-state index is -0.921. The summed E-state index contributed by atoms with van der Waals surface area (Å²) < 4.78 is 15.0. The van der Waals surface area contributed by atoms with Gasteiger partial charge in [-0.05, 0) is 44.4 Å². The quantitative estimate of drug-likeness (QED) is 0.792. The fraction of sp³-hybridized carbons (Fsp3) is 0.458. The lowest BCUT2D eigenvalue weighted by Gasteiger charge is -2.37. The third-order valence-electron chi connectivity index (χ3n) is 6.28. The molecule has 0 aliphatic carbocycles. The van der Waals surface area contributed by atoms with Crippen LogP contribution in [0.1, 0.15) is 41.0 Å². The van der Waals surface area contributed by atoms with Crippen molar-refractivity contribution < 1.29 is 9.18 Å². The van der Waals surface area contributed by atoms with E-state index in [1.165, 1.54) is 11.1 Å². The fourth-order valence-corrected chi connectivity index (χ4v) is 4.53. The minimum Gasteiger partial charge on any atom is -0.337 e. The van der Waals surface area contributed by atoms with Crippen molar-refractivity contribution >= 4 is 5.91 Å². The summed E-state index contributed by atoms with van der Waals surface area (Å²) in [5.74, 6) is 0.0959. The Morgan fingerprint density at radius 2 is 1.57 bits per heavy atom. The van der Waals surface area contributed by atoms with Gasteiger partial charge in [-0.15, -0.1) is 0 Å². The number of hydrogen-bond donors (Lipinski definition) is 0. The first-order valence-electron chi connectivity index (χ1n) is 10.3. The van der Waals surface area contributed by atoms with E-state index in [0.29, 0.717) is 13.1 Å². The Morgan fingerprint density at radius 1 is 0.929 bits per heavy atom. The molecule has 2 heterocycles. The molecule has 0 spiro atoms. The molecule has 0 saturated carbocycles. The summed E-state index contributed by atoms with van der Waals surface area (Å²) in [6.45, 7) is 6.66. The van der Waals surface area contributed by atoms with Crippen LogP contribution in [0.15, 0.2) is 48.5 Å². The van der Waals surface area contributed by atoms with E-state index in [1.807, 2.05) is 24.0 Å². The molecular weight excluding hydrogens is 351 g/mol. The Kier molecular flexibility index (Phi) is 5.49. The van der Waals surface area contributed by atoms with Crippen LogP contribution in [0.25, 0.3) is 0 Å². The monoisotopic (exact) mass is 380 g/mol. The zero-order valence-corrected chi connectivity index (χ0v) is 16.8. The maximum atomic E-state index is 15.0. The number of carbonyl (C=O) groups excluding carboxylic acids is 1. The maximum Gasteiger partial charge on any atom is 0.240 e. The van der Waals surface area contributed by atoms with Gasteiger partial charge in [0.15, 0.2) is 0 Å². The average molecular weight is 381 g/mol. The molecule has 2 aliphatic heterocycles. The number of alkyl halides is 1. The first-order valence-corrected chi connectivity index (χ1v) is 10.3. The summed E-state index contributed by atoms with van der Waals surface area (Å²) in [6.07, 6.45) is 0.647. The van der Waals surface area contributed by atoms with Crippen LogP contribution in [-0.2, 0) is 11.3 Å². The summed E-state index contributed by atoms with van der Waals surface area (Å²) in [4.78, 5) is 16.9. The molecule has 4 rings (SSSR count). The van der Waals surface area contributed by atoms with Crippen LogP contribution in [0.2, 0.25) is 0 Å². The van der Waals surface area contributed by atoms with Gasteiger partial charge in [0.2, 0.25) is 5.91 Å². The highest BCUT2D eigenvalue weighted by molar-refractivity contribution is 5.84. The van der Waals surface area contributed by atoms with Gasteiger partial charge in [-0.1, -0.05) is 59.7 Å². The lowest BCUT2D eigenvalue weighted by Crippen LogP contribution is -2.49. The lowest BCUT2D eigenvalue weighted by molar-refractivity contribution is -0.133. The number of hydrogen-bond acceptors (Lipinski definition) is 2. The summed E-state index contributed by atoms with van der Waals surface area (Å²) in [7, 11) is 0. The highest BCUT2D eigenvalue weighted by atomic mass is 19.1. The molecule has 2 aliphatic rings. The second-order valence-corrected chi connectivity index (χ2v) is 8.37. The second kappa shape index (κ2) is 8.04. The van der Waals surface area contributed by atoms with E-state index in [1.54, 1.807) is 0 Å². The SMILES string of the molecule is Cc1ccc(CN2CC[C@@H](N3CC[C@H](c4ccc(C)cc4)[C@H](F)C3)C2=O)cc1. The van der Waals surface area contributed by atoms with Crippen molar-refractivity contribution in [2.75, 3.05) is 19.6 Å². The summed E-state index contributed by atoms with van der Waals surface area (Å²) in [6, 6.07) is 16.4. The highest BCUT2D eigenvalue weighted by Gasteiger charge is 2.40. The number of aryl methyl sites for hydroxylation is 2. The minimum absolute atomic E-state index is 0.0583. The van der Waals surface area contributed by atoms with Gasteiger partial charge in [0.25, 0.3) is 0 Å². The molecule has 3 atom stereocenters. The normalized spacial score (nSPS) is 26.0. The molecule has 4 heteroatoms. The molecule has 148 valence electrons. The molecule has 0 aromatic heterocycles. The van der Waals surface area contributed by atoms with E-state index in [2.05, 4.69) is 48.2 Å². The summed E-state index contributed by atoms with van der Waals surface area (Å²) in [5.41, 5.74) is 4.65. The zero-order valence-electron chi connectivity index (χ0n) is 16.8. The predicted molar refractivity (Wildman–Crippen MR) is 110 cm³/mol. The van der Waals surface area contributed by atoms with Crippen molar-refractivity contribution in [2.24, 2.45) is 0 Å². The van der Waals surface area contributed by atoms with Crippen molar-refractivity contribution in [1.29, 1.82) is 0 Å². The number of amides is 1. The van der Waals surface area contributed by atoms with Gasteiger partial charge >= 0.3 is 0 Å². The van der Waals surface area contributed by atoms with Crippen LogP contribution < -0.4 is 0 Å². The molecule has 2 saturated heterocycles. The second-order valence-electron chi connectivity index (χ2n) is 8.37. The van der Waals surface area contributed by atoms with E-state index < -0.39 is 6.17 Å². The van der Waals surface area contributed by atoms with E-state index in [0.717, 1.165) is 37.1 Å². The van der Waals surface area contributed by atoms with Gasteiger partial charge in [-0.3, -0.25) is 9.69 Å². The van der Waals surface area contributed by atoms with Gasteiger partial charge in [0.05, 0.1) is 6.04 Å². The largest absolute Gasteiger partial charge is 0.337 e. The van der Waals surface area contributed by atoms with Crippen LogP contribution in [0.3, 0.4) is 0 Å². The molecule has 0 N–H and O–H groups in total. The smallest absolute Gasteiger partial charge is 0.240 e. The van der Waals surface area contributed by atoms with Crippen molar-refractivity contribution in [3.8, 4) is 0 Å².